The Bertz CT molecular complexity index is 673. The molecule has 2 aromatic rings. The maximum Gasteiger partial charge on any atom is 0.223 e. The van der Waals surface area contributed by atoms with Gasteiger partial charge in [0, 0.05) is 38.7 Å². The first-order chi connectivity index (χ1) is 11.7. The van der Waals surface area contributed by atoms with E-state index in [1.165, 1.54) is 0 Å². The lowest BCUT2D eigenvalue weighted by molar-refractivity contribution is -0.132. The zero-order chi connectivity index (χ0) is 16.9. The molecule has 1 fully saturated rings. The minimum atomic E-state index is 0.0743. The fraction of sp³-hybridized carbons (Fsp3) is 0.471. The summed E-state index contributed by atoms with van der Waals surface area (Å²) >= 11 is 0. The summed E-state index contributed by atoms with van der Waals surface area (Å²) in [5.41, 5.74) is 6.74. The lowest BCUT2D eigenvalue weighted by Crippen LogP contribution is -2.38. The lowest BCUT2D eigenvalue weighted by atomic mass is 10.1. The predicted octanol–water partition coefficient (Wildman–Crippen LogP) is 1.11. The standard InChI is InChI=1S/C17H23N5O2/c1-24-15-9-14(11-21-8-6-16(18)20-21)22(12-15)17(23)5-4-13-3-2-7-19-10-13/h2-3,6-8,10,14-15H,4-5,9,11-12H2,1H3,(H2,18,20)/t14-,15+/m0/s1. The minimum absolute atomic E-state index is 0.0743. The van der Waals surface area contributed by atoms with Crippen molar-refractivity contribution in [1.82, 2.24) is 19.7 Å². The van der Waals surface area contributed by atoms with Crippen LogP contribution >= 0.6 is 0 Å². The van der Waals surface area contributed by atoms with Crippen LogP contribution in [0.2, 0.25) is 0 Å². The molecule has 0 radical (unpaired) electrons. The van der Waals surface area contributed by atoms with Gasteiger partial charge < -0.3 is 15.4 Å². The third kappa shape index (κ3) is 3.91. The number of nitrogens with two attached hydrogens (primary N) is 1. The number of carbonyl (C=O) groups is 1. The number of likely N-dealkylation sites (tertiary alicyclic amines) is 1. The van der Waals surface area contributed by atoms with Gasteiger partial charge in [0.25, 0.3) is 0 Å². The highest BCUT2D eigenvalue weighted by Crippen LogP contribution is 2.23. The molecule has 7 nitrogen and oxygen atoms in total. The number of amides is 1. The average Bonchev–Trinajstić information content (AvgIpc) is 3.20. The summed E-state index contributed by atoms with van der Waals surface area (Å²) in [6.07, 6.45) is 7.44. The van der Waals surface area contributed by atoms with Crippen LogP contribution in [0.15, 0.2) is 36.8 Å². The number of pyridine rings is 1. The van der Waals surface area contributed by atoms with Crippen molar-refractivity contribution < 1.29 is 9.53 Å². The molecule has 7 heteroatoms. The van der Waals surface area contributed by atoms with E-state index in [-0.39, 0.29) is 18.1 Å². The van der Waals surface area contributed by atoms with Crippen molar-refractivity contribution in [2.45, 2.75) is 38.0 Å². The van der Waals surface area contributed by atoms with Gasteiger partial charge in [-0.25, -0.2) is 0 Å². The monoisotopic (exact) mass is 329 g/mol. The Labute approximate surface area is 141 Å². The number of anilines is 1. The zero-order valence-electron chi connectivity index (χ0n) is 13.8. The Hall–Kier alpha value is -2.41. The van der Waals surface area contributed by atoms with Gasteiger partial charge in [0.1, 0.15) is 5.82 Å². The van der Waals surface area contributed by atoms with Crippen LogP contribution < -0.4 is 5.73 Å². The van der Waals surface area contributed by atoms with E-state index in [0.29, 0.717) is 31.7 Å². The fourth-order valence-electron chi connectivity index (χ4n) is 3.16. The zero-order valence-corrected chi connectivity index (χ0v) is 13.8. The Balaban J connectivity index is 1.63. The molecule has 0 saturated carbocycles. The number of nitrogens with zero attached hydrogens (tertiary/aromatic N) is 4. The molecular weight excluding hydrogens is 306 g/mol. The maximum absolute atomic E-state index is 12.7. The van der Waals surface area contributed by atoms with Crippen molar-refractivity contribution in [2.24, 2.45) is 0 Å². The number of ether oxygens (including phenoxy) is 1. The van der Waals surface area contributed by atoms with Crippen molar-refractivity contribution >= 4 is 11.7 Å². The van der Waals surface area contributed by atoms with Gasteiger partial charge >= 0.3 is 0 Å². The minimum Gasteiger partial charge on any atom is -0.382 e. The van der Waals surface area contributed by atoms with E-state index in [1.54, 1.807) is 30.3 Å². The Morgan fingerprint density at radius 1 is 1.46 bits per heavy atom. The number of aromatic nitrogens is 3. The third-order valence-corrected chi connectivity index (χ3v) is 4.44. The van der Waals surface area contributed by atoms with Crippen LogP contribution in [0.3, 0.4) is 0 Å². The van der Waals surface area contributed by atoms with Crippen LogP contribution in [-0.2, 0) is 22.5 Å². The Morgan fingerprint density at radius 3 is 3.00 bits per heavy atom. The molecule has 2 aromatic heterocycles. The lowest BCUT2D eigenvalue weighted by Gasteiger charge is -2.24. The van der Waals surface area contributed by atoms with Gasteiger partial charge in [-0.2, -0.15) is 5.10 Å². The van der Waals surface area contributed by atoms with Crippen molar-refractivity contribution in [3.05, 3.63) is 42.4 Å². The summed E-state index contributed by atoms with van der Waals surface area (Å²) in [4.78, 5) is 18.7. The van der Waals surface area contributed by atoms with Crippen molar-refractivity contribution in [2.75, 3.05) is 19.4 Å². The fourth-order valence-corrected chi connectivity index (χ4v) is 3.16. The van der Waals surface area contributed by atoms with E-state index in [2.05, 4.69) is 10.1 Å². The molecule has 0 aliphatic carbocycles. The molecule has 0 spiro atoms. The van der Waals surface area contributed by atoms with E-state index in [9.17, 15) is 4.79 Å². The van der Waals surface area contributed by atoms with Gasteiger partial charge in [-0.05, 0) is 30.5 Å². The van der Waals surface area contributed by atoms with Gasteiger partial charge in [0.2, 0.25) is 5.91 Å². The molecule has 1 amide bonds. The molecule has 1 aliphatic rings. The quantitative estimate of drug-likeness (QED) is 0.858. The number of aryl methyl sites for hydroxylation is 1. The molecule has 0 aromatic carbocycles. The molecule has 128 valence electrons. The highest BCUT2D eigenvalue weighted by molar-refractivity contribution is 5.77. The van der Waals surface area contributed by atoms with Crippen LogP contribution in [0.1, 0.15) is 18.4 Å². The van der Waals surface area contributed by atoms with Gasteiger partial charge in [-0.1, -0.05) is 6.07 Å². The first-order valence-corrected chi connectivity index (χ1v) is 8.16. The molecule has 2 atom stereocenters. The summed E-state index contributed by atoms with van der Waals surface area (Å²) in [6, 6.07) is 5.72. The predicted molar refractivity (Wildman–Crippen MR) is 90.1 cm³/mol. The Kier molecular flexibility index (Phi) is 5.10. The summed E-state index contributed by atoms with van der Waals surface area (Å²) in [5, 5.41) is 4.22. The van der Waals surface area contributed by atoms with Crippen LogP contribution in [0.4, 0.5) is 5.82 Å². The maximum atomic E-state index is 12.7. The third-order valence-electron chi connectivity index (χ3n) is 4.44. The highest BCUT2D eigenvalue weighted by atomic mass is 16.5. The second-order valence-corrected chi connectivity index (χ2v) is 6.12. The van der Waals surface area contributed by atoms with Crippen molar-refractivity contribution in [3.8, 4) is 0 Å². The molecule has 1 saturated heterocycles. The first kappa shape index (κ1) is 16.4. The molecule has 3 heterocycles. The van der Waals surface area contributed by atoms with E-state index in [4.69, 9.17) is 10.5 Å². The summed E-state index contributed by atoms with van der Waals surface area (Å²) < 4.78 is 7.26. The summed E-state index contributed by atoms with van der Waals surface area (Å²) in [6.45, 7) is 1.26. The number of methoxy groups -OCH3 is 1. The highest BCUT2D eigenvalue weighted by Gasteiger charge is 2.35. The Morgan fingerprint density at radius 2 is 2.33 bits per heavy atom. The molecule has 24 heavy (non-hydrogen) atoms. The van der Waals surface area contributed by atoms with E-state index >= 15 is 0 Å². The molecule has 1 aliphatic heterocycles. The average molecular weight is 329 g/mol. The van der Waals surface area contributed by atoms with Crippen LogP contribution in [0, 0.1) is 0 Å². The SMILES string of the molecule is CO[C@@H]1C[C@@H](Cn2ccc(N)n2)N(C(=O)CCc2cccnc2)C1. The normalized spacial score (nSPS) is 20.5. The second kappa shape index (κ2) is 7.44. The summed E-state index contributed by atoms with van der Waals surface area (Å²) in [5.74, 6) is 0.634. The number of rotatable bonds is 6. The van der Waals surface area contributed by atoms with Gasteiger partial charge in [0.15, 0.2) is 0 Å². The number of nitrogen functional groups attached to an aromatic ring is 1. The first-order valence-electron chi connectivity index (χ1n) is 8.16. The number of hydrogen-bond donors (Lipinski definition) is 1. The van der Waals surface area contributed by atoms with Crippen LogP contribution in [-0.4, -0.2) is 51.4 Å². The smallest absolute Gasteiger partial charge is 0.223 e. The number of carbonyl (C=O) groups excluding carboxylic acids is 1. The largest absolute Gasteiger partial charge is 0.382 e. The van der Waals surface area contributed by atoms with Gasteiger partial charge in [-0.15, -0.1) is 0 Å². The van der Waals surface area contributed by atoms with Crippen LogP contribution in [0.5, 0.6) is 0 Å². The van der Waals surface area contributed by atoms with Crippen molar-refractivity contribution in [1.29, 1.82) is 0 Å². The molecule has 2 N–H and O–H groups in total. The molecule has 0 bridgehead atoms. The second-order valence-electron chi connectivity index (χ2n) is 6.12. The molecule has 3 rings (SSSR count). The van der Waals surface area contributed by atoms with Crippen LogP contribution in [0.25, 0.3) is 0 Å². The molecule has 0 unspecified atom stereocenters. The summed E-state index contributed by atoms with van der Waals surface area (Å²) in [7, 11) is 1.69. The van der Waals surface area contributed by atoms with Gasteiger partial charge in [0.05, 0.1) is 18.7 Å². The van der Waals surface area contributed by atoms with E-state index < -0.39 is 0 Å². The topological polar surface area (TPSA) is 86.3 Å². The van der Waals surface area contributed by atoms with Gasteiger partial charge in [-0.3, -0.25) is 14.5 Å². The molecular formula is C17H23N5O2. The van der Waals surface area contributed by atoms with E-state index in [1.807, 2.05) is 23.2 Å². The number of hydrogen-bond acceptors (Lipinski definition) is 5. The van der Waals surface area contributed by atoms with E-state index in [0.717, 1.165) is 12.0 Å². The van der Waals surface area contributed by atoms with Crippen molar-refractivity contribution in [3.63, 3.8) is 0 Å².